The first-order valence-corrected chi connectivity index (χ1v) is 7.28. The van der Waals surface area contributed by atoms with Crippen LogP contribution in [0.2, 0.25) is 15.1 Å². The van der Waals surface area contributed by atoms with Crippen LogP contribution in [0.1, 0.15) is 5.56 Å². The summed E-state index contributed by atoms with van der Waals surface area (Å²) in [5.74, 6) is 0. The molecule has 110 valence electrons. The van der Waals surface area contributed by atoms with Crippen molar-refractivity contribution in [2.75, 3.05) is 11.9 Å². The smallest absolute Gasteiger partial charge is 0.319 e. The van der Waals surface area contributed by atoms with Gasteiger partial charge in [0.2, 0.25) is 0 Å². The fraction of sp³-hybridized carbons (Fsp3) is 0.143. The maximum atomic E-state index is 11.8. The molecule has 0 fully saturated rings. The standard InChI is InChI=1S/C14H12Cl3N3O/c15-10-6-12(17)13(7-11(10)16)20-14(21)19-5-3-9-2-1-4-18-8-9/h1-2,4,6-8H,3,5H2,(H2,19,20,21). The molecule has 2 amide bonds. The van der Waals surface area contributed by atoms with Crippen LogP contribution in [0.3, 0.4) is 0 Å². The predicted molar refractivity (Wildman–Crippen MR) is 86.4 cm³/mol. The minimum atomic E-state index is -0.362. The van der Waals surface area contributed by atoms with E-state index in [0.29, 0.717) is 33.7 Å². The van der Waals surface area contributed by atoms with Gasteiger partial charge < -0.3 is 10.6 Å². The van der Waals surface area contributed by atoms with Crippen LogP contribution in [0, 0.1) is 0 Å². The number of carbonyl (C=O) groups excluding carboxylic acids is 1. The lowest BCUT2D eigenvalue weighted by Crippen LogP contribution is -2.30. The van der Waals surface area contributed by atoms with Crippen molar-refractivity contribution in [2.45, 2.75) is 6.42 Å². The summed E-state index contributed by atoms with van der Waals surface area (Å²) in [5, 5.41) is 6.34. The summed E-state index contributed by atoms with van der Waals surface area (Å²) < 4.78 is 0. The minimum Gasteiger partial charge on any atom is -0.338 e. The van der Waals surface area contributed by atoms with Crippen LogP contribution in [-0.4, -0.2) is 17.6 Å². The van der Waals surface area contributed by atoms with Crippen LogP contribution in [0.4, 0.5) is 10.5 Å². The zero-order chi connectivity index (χ0) is 15.2. The molecule has 1 heterocycles. The lowest BCUT2D eigenvalue weighted by atomic mass is 10.2. The van der Waals surface area contributed by atoms with Crippen molar-refractivity contribution in [3.8, 4) is 0 Å². The summed E-state index contributed by atoms with van der Waals surface area (Å²) in [6.45, 7) is 0.483. The molecule has 0 spiro atoms. The Balaban J connectivity index is 1.86. The molecule has 2 N–H and O–H groups in total. The highest BCUT2D eigenvalue weighted by Gasteiger charge is 2.09. The summed E-state index contributed by atoms with van der Waals surface area (Å²) in [5.41, 5.74) is 1.45. The molecule has 0 saturated carbocycles. The van der Waals surface area contributed by atoms with Crippen molar-refractivity contribution in [3.05, 3.63) is 57.3 Å². The topological polar surface area (TPSA) is 54.0 Å². The van der Waals surface area contributed by atoms with Gasteiger partial charge in [0.1, 0.15) is 0 Å². The number of pyridine rings is 1. The van der Waals surface area contributed by atoms with Crippen LogP contribution in [0.25, 0.3) is 0 Å². The molecule has 0 aliphatic rings. The zero-order valence-electron chi connectivity index (χ0n) is 10.9. The number of rotatable bonds is 4. The second-order valence-electron chi connectivity index (χ2n) is 4.24. The van der Waals surface area contributed by atoms with Crippen molar-refractivity contribution in [1.29, 1.82) is 0 Å². The van der Waals surface area contributed by atoms with E-state index in [1.807, 2.05) is 12.1 Å². The average molecular weight is 345 g/mol. The van der Waals surface area contributed by atoms with E-state index in [2.05, 4.69) is 15.6 Å². The molecule has 1 aromatic heterocycles. The van der Waals surface area contributed by atoms with E-state index < -0.39 is 0 Å². The predicted octanol–water partition coefficient (Wildman–Crippen LogP) is 4.41. The van der Waals surface area contributed by atoms with Crippen molar-refractivity contribution in [1.82, 2.24) is 10.3 Å². The number of anilines is 1. The Morgan fingerprint density at radius 2 is 1.90 bits per heavy atom. The van der Waals surface area contributed by atoms with Gasteiger partial charge >= 0.3 is 6.03 Å². The Morgan fingerprint density at radius 1 is 1.14 bits per heavy atom. The molecule has 0 bridgehead atoms. The third-order valence-electron chi connectivity index (χ3n) is 2.68. The van der Waals surface area contributed by atoms with Gasteiger partial charge in [-0.2, -0.15) is 0 Å². The molecule has 0 radical (unpaired) electrons. The number of halogens is 3. The number of benzene rings is 1. The molecule has 2 rings (SSSR count). The summed E-state index contributed by atoms with van der Waals surface area (Å²) >= 11 is 17.7. The van der Waals surface area contributed by atoms with E-state index in [0.717, 1.165) is 5.56 Å². The zero-order valence-corrected chi connectivity index (χ0v) is 13.1. The van der Waals surface area contributed by atoms with Gasteiger partial charge in [0.25, 0.3) is 0 Å². The van der Waals surface area contributed by atoms with Gasteiger partial charge in [0.05, 0.1) is 20.8 Å². The largest absolute Gasteiger partial charge is 0.338 e. The molecule has 0 unspecified atom stereocenters. The Labute approximate surface area is 137 Å². The van der Waals surface area contributed by atoms with E-state index in [4.69, 9.17) is 34.8 Å². The van der Waals surface area contributed by atoms with Crippen LogP contribution < -0.4 is 10.6 Å². The van der Waals surface area contributed by atoms with E-state index >= 15 is 0 Å². The van der Waals surface area contributed by atoms with E-state index in [-0.39, 0.29) is 6.03 Å². The molecule has 4 nitrogen and oxygen atoms in total. The number of carbonyl (C=O) groups is 1. The van der Waals surface area contributed by atoms with Gasteiger partial charge in [-0.15, -0.1) is 0 Å². The maximum absolute atomic E-state index is 11.8. The summed E-state index contributed by atoms with van der Waals surface area (Å²) in [7, 11) is 0. The molecule has 21 heavy (non-hydrogen) atoms. The molecule has 0 aliphatic heterocycles. The van der Waals surface area contributed by atoms with Crippen molar-refractivity contribution in [3.63, 3.8) is 0 Å². The third kappa shape index (κ3) is 4.77. The quantitative estimate of drug-likeness (QED) is 0.807. The first-order chi connectivity index (χ1) is 10.1. The molecule has 0 aliphatic carbocycles. The second kappa shape index (κ2) is 7.50. The molecule has 0 atom stereocenters. The van der Waals surface area contributed by atoms with Crippen LogP contribution in [-0.2, 0) is 6.42 Å². The monoisotopic (exact) mass is 343 g/mol. The van der Waals surface area contributed by atoms with Gasteiger partial charge in [-0.3, -0.25) is 4.98 Å². The van der Waals surface area contributed by atoms with Gasteiger partial charge in [-0.25, -0.2) is 4.79 Å². The number of urea groups is 1. The Morgan fingerprint density at radius 3 is 2.62 bits per heavy atom. The van der Waals surface area contributed by atoms with E-state index in [9.17, 15) is 4.79 Å². The molecular weight excluding hydrogens is 333 g/mol. The summed E-state index contributed by atoms with van der Waals surface area (Å²) in [4.78, 5) is 15.8. The summed E-state index contributed by atoms with van der Waals surface area (Å²) in [6, 6.07) is 6.43. The SMILES string of the molecule is O=C(NCCc1cccnc1)Nc1cc(Cl)c(Cl)cc1Cl. The van der Waals surface area contributed by atoms with Gasteiger partial charge in [0.15, 0.2) is 0 Å². The van der Waals surface area contributed by atoms with Crippen molar-refractivity contribution in [2.24, 2.45) is 0 Å². The molecule has 0 saturated heterocycles. The highest BCUT2D eigenvalue weighted by atomic mass is 35.5. The second-order valence-corrected chi connectivity index (χ2v) is 5.46. The third-order valence-corrected chi connectivity index (χ3v) is 3.72. The fourth-order valence-electron chi connectivity index (χ4n) is 1.65. The Hall–Kier alpha value is -1.49. The number of aromatic nitrogens is 1. The molecular formula is C14H12Cl3N3O. The molecule has 2 aromatic rings. The van der Waals surface area contributed by atoms with Crippen molar-refractivity contribution < 1.29 is 4.79 Å². The van der Waals surface area contributed by atoms with Crippen LogP contribution >= 0.6 is 34.8 Å². The number of nitrogens with zero attached hydrogens (tertiary/aromatic N) is 1. The summed E-state index contributed by atoms with van der Waals surface area (Å²) in [6.07, 6.45) is 4.15. The highest BCUT2D eigenvalue weighted by Crippen LogP contribution is 2.32. The number of amides is 2. The fourth-order valence-corrected chi connectivity index (χ4v) is 2.25. The first kappa shape index (κ1) is 15.9. The molecule has 7 heteroatoms. The normalized spacial score (nSPS) is 10.2. The van der Waals surface area contributed by atoms with Gasteiger partial charge in [-0.05, 0) is 30.2 Å². The van der Waals surface area contributed by atoms with Crippen molar-refractivity contribution >= 4 is 46.5 Å². The van der Waals surface area contributed by atoms with E-state index in [1.54, 1.807) is 12.4 Å². The lowest BCUT2D eigenvalue weighted by molar-refractivity contribution is 0.252. The Kier molecular flexibility index (Phi) is 5.67. The number of hydrogen-bond acceptors (Lipinski definition) is 2. The average Bonchev–Trinajstić information content (AvgIpc) is 2.46. The van der Waals surface area contributed by atoms with E-state index in [1.165, 1.54) is 12.1 Å². The first-order valence-electron chi connectivity index (χ1n) is 6.14. The Bertz CT molecular complexity index is 635. The minimum absolute atomic E-state index is 0.326. The van der Waals surface area contributed by atoms with Crippen LogP contribution in [0.5, 0.6) is 0 Å². The number of nitrogens with one attached hydrogen (secondary N) is 2. The maximum Gasteiger partial charge on any atom is 0.319 e. The highest BCUT2D eigenvalue weighted by molar-refractivity contribution is 6.44. The molecule has 1 aromatic carbocycles. The van der Waals surface area contributed by atoms with Gasteiger partial charge in [0, 0.05) is 18.9 Å². The lowest BCUT2D eigenvalue weighted by Gasteiger charge is -2.10. The number of hydrogen-bond donors (Lipinski definition) is 2. The van der Waals surface area contributed by atoms with Crippen LogP contribution in [0.15, 0.2) is 36.7 Å². The van der Waals surface area contributed by atoms with Gasteiger partial charge in [-0.1, -0.05) is 40.9 Å².